The van der Waals surface area contributed by atoms with Crippen LogP contribution in [0.5, 0.6) is 0 Å². The highest BCUT2D eigenvalue weighted by Crippen LogP contribution is 2.32. The highest BCUT2D eigenvalue weighted by atomic mass is 19.1. The Balaban J connectivity index is 0.00000210. The van der Waals surface area contributed by atoms with E-state index >= 15 is 0 Å². The number of aromatic nitrogens is 4. The van der Waals surface area contributed by atoms with Crippen LogP contribution in [0.2, 0.25) is 0 Å². The number of nitrogens with one attached hydrogen (secondary N) is 1. The fourth-order valence-electron chi connectivity index (χ4n) is 3.14. The van der Waals surface area contributed by atoms with Crippen LogP contribution in [0.3, 0.4) is 0 Å². The van der Waals surface area contributed by atoms with Crippen LogP contribution < -0.4 is 5.32 Å². The Hall–Kier alpha value is -2.76. The van der Waals surface area contributed by atoms with Gasteiger partial charge >= 0.3 is 0 Å². The topological polar surface area (TPSA) is 55.1 Å². The molecule has 3 aromatic heterocycles. The van der Waals surface area contributed by atoms with Gasteiger partial charge in [-0.1, -0.05) is 26.8 Å². The van der Waals surface area contributed by atoms with Crippen LogP contribution in [0.4, 0.5) is 10.3 Å². The van der Waals surface area contributed by atoms with E-state index in [0.717, 1.165) is 41.1 Å². The number of hydrogen-bond donors (Lipinski definition) is 1. The fourth-order valence-corrected chi connectivity index (χ4v) is 3.14. The van der Waals surface area contributed by atoms with E-state index in [1.807, 2.05) is 25.5 Å². The van der Waals surface area contributed by atoms with E-state index in [1.165, 1.54) is 6.07 Å². The Kier molecular flexibility index (Phi) is 3.79. The van der Waals surface area contributed by atoms with E-state index < -0.39 is 0 Å². The van der Waals surface area contributed by atoms with Gasteiger partial charge in [-0.15, -0.1) is 0 Å². The van der Waals surface area contributed by atoms with E-state index in [2.05, 4.69) is 47.1 Å². The zero-order valence-corrected chi connectivity index (χ0v) is 15.5. The molecule has 1 N–H and O–H groups in total. The molecular formula is C20H24FN5. The molecule has 4 rings (SSSR count). The quantitative estimate of drug-likeness (QED) is 0.764. The maximum absolute atomic E-state index is 14.4. The zero-order chi connectivity index (χ0) is 18.5. The number of fused-ring (bicyclic) bond motifs is 2. The van der Waals surface area contributed by atoms with Gasteiger partial charge in [0.25, 0.3) is 0 Å². The van der Waals surface area contributed by atoms with Crippen molar-refractivity contribution < 1.29 is 5.82 Å². The summed E-state index contributed by atoms with van der Waals surface area (Å²) in [4.78, 5) is 13.3. The van der Waals surface area contributed by atoms with E-state index in [9.17, 15) is 4.39 Å². The summed E-state index contributed by atoms with van der Waals surface area (Å²) < 4.78 is 16.1. The molecule has 0 radical (unpaired) electrons. The number of hydrogen-bond acceptors (Lipinski definition) is 4. The molecule has 1 aliphatic carbocycles. The second-order valence-electron chi connectivity index (χ2n) is 7.98. The summed E-state index contributed by atoms with van der Waals surface area (Å²) in [7, 11) is 0. The molecule has 0 atom stereocenters. The van der Waals surface area contributed by atoms with Crippen molar-refractivity contribution >= 4 is 17.2 Å². The lowest BCUT2D eigenvalue weighted by atomic mass is 9.97. The normalized spacial score (nSPS) is 13.8. The Bertz CT molecular complexity index is 1030. The van der Waals surface area contributed by atoms with Crippen LogP contribution in [0.1, 0.15) is 44.7 Å². The van der Waals surface area contributed by atoms with E-state index in [0.29, 0.717) is 11.6 Å². The van der Waals surface area contributed by atoms with Crippen molar-refractivity contribution in [1.82, 2.24) is 19.4 Å². The molecule has 0 unspecified atom stereocenters. The first-order chi connectivity index (χ1) is 12.3. The van der Waals surface area contributed by atoms with Crippen LogP contribution in [0, 0.1) is 18.2 Å². The molecule has 0 saturated heterocycles. The van der Waals surface area contributed by atoms with Crippen molar-refractivity contribution in [3.8, 4) is 0 Å². The number of pyridine rings is 1. The van der Waals surface area contributed by atoms with Gasteiger partial charge < -0.3 is 9.72 Å². The first-order valence-electron chi connectivity index (χ1n) is 8.76. The van der Waals surface area contributed by atoms with Gasteiger partial charge in [-0.2, -0.15) is 0 Å². The molecule has 0 aliphatic heterocycles. The predicted molar refractivity (Wildman–Crippen MR) is 103 cm³/mol. The first kappa shape index (κ1) is 16.7. The summed E-state index contributed by atoms with van der Waals surface area (Å²) in [5.41, 5.74) is 5.00. The molecule has 0 saturated carbocycles. The average molecular weight is 353 g/mol. The predicted octanol–water partition coefficient (Wildman–Crippen LogP) is 4.26. The summed E-state index contributed by atoms with van der Waals surface area (Å²) in [6.07, 6.45) is 8.37. The molecule has 136 valence electrons. The lowest BCUT2D eigenvalue weighted by molar-refractivity contribution is 0.441. The summed E-state index contributed by atoms with van der Waals surface area (Å²) in [6, 6.07) is 1.54. The van der Waals surface area contributed by atoms with Crippen LogP contribution in [-0.4, -0.2) is 25.9 Å². The second-order valence-corrected chi connectivity index (χ2v) is 7.98. The highest BCUT2D eigenvalue weighted by Gasteiger charge is 2.20. The molecule has 0 aromatic carbocycles. The molecule has 0 fully saturated rings. The van der Waals surface area contributed by atoms with Crippen molar-refractivity contribution in [2.45, 2.75) is 34.1 Å². The summed E-state index contributed by atoms with van der Waals surface area (Å²) >= 11 is 0. The van der Waals surface area contributed by atoms with Gasteiger partial charge in [0.1, 0.15) is 0 Å². The third kappa shape index (κ3) is 3.07. The number of allylic oxidation sites excluding steroid dienone is 1. The monoisotopic (exact) mass is 353 g/mol. The molecular weight excluding hydrogens is 329 g/mol. The second kappa shape index (κ2) is 5.90. The van der Waals surface area contributed by atoms with Crippen LogP contribution >= 0.6 is 0 Å². The summed E-state index contributed by atoms with van der Waals surface area (Å²) in [5, 5.41) is 3.29. The van der Waals surface area contributed by atoms with E-state index in [4.69, 9.17) is 0 Å². The van der Waals surface area contributed by atoms with Crippen LogP contribution in [0.15, 0.2) is 30.7 Å². The summed E-state index contributed by atoms with van der Waals surface area (Å²) in [5.74, 6) is 0.314. The van der Waals surface area contributed by atoms with Crippen molar-refractivity contribution in [3.63, 3.8) is 0 Å². The minimum atomic E-state index is -0.325. The van der Waals surface area contributed by atoms with Crippen LogP contribution in [0.25, 0.3) is 11.2 Å². The van der Waals surface area contributed by atoms with E-state index in [-0.39, 0.29) is 12.7 Å². The smallest absolute Gasteiger partial charge is 0.222 e. The average Bonchev–Trinajstić information content (AvgIpc) is 3.14. The first-order valence-corrected chi connectivity index (χ1v) is 8.76. The van der Waals surface area contributed by atoms with Gasteiger partial charge in [0.2, 0.25) is 5.95 Å². The lowest BCUT2D eigenvalue weighted by Gasteiger charge is -2.18. The molecule has 6 heteroatoms. The Morgan fingerprint density at radius 1 is 1.27 bits per heavy atom. The molecule has 3 heterocycles. The van der Waals surface area contributed by atoms with Gasteiger partial charge in [-0.05, 0) is 24.0 Å². The van der Waals surface area contributed by atoms with Crippen molar-refractivity contribution in [1.29, 1.82) is 0 Å². The number of aryl methyl sites for hydroxylation is 1. The van der Waals surface area contributed by atoms with Gasteiger partial charge in [0.05, 0.1) is 11.4 Å². The van der Waals surface area contributed by atoms with E-state index in [1.54, 1.807) is 4.40 Å². The molecule has 0 spiro atoms. The Morgan fingerprint density at radius 2 is 2.08 bits per heavy atom. The maximum Gasteiger partial charge on any atom is 0.222 e. The van der Waals surface area contributed by atoms with Gasteiger partial charge in [-0.25, -0.2) is 19.3 Å². The third-order valence-corrected chi connectivity index (χ3v) is 4.37. The third-order valence-electron chi connectivity index (χ3n) is 4.37. The Morgan fingerprint density at radius 3 is 2.85 bits per heavy atom. The number of imidazole rings is 1. The van der Waals surface area contributed by atoms with Crippen LogP contribution in [-0.2, 0) is 6.42 Å². The molecule has 5 nitrogen and oxygen atoms in total. The molecule has 1 aliphatic rings. The summed E-state index contributed by atoms with van der Waals surface area (Å²) in [6.45, 7) is 9.14. The minimum Gasteiger partial charge on any atom is -0.354 e. The fraction of sp³-hybridized carbons (Fsp3) is 0.350. The van der Waals surface area contributed by atoms with Crippen molar-refractivity contribution in [2.75, 3.05) is 11.9 Å². The highest BCUT2D eigenvalue weighted by molar-refractivity contribution is 5.84. The molecule has 0 amide bonds. The minimum absolute atomic E-state index is 0. The zero-order valence-electron chi connectivity index (χ0n) is 15.5. The van der Waals surface area contributed by atoms with Gasteiger partial charge in [0, 0.05) is 44.1 Å². The molecule has 3 aromatic rings. The van der Waals surface area contributed by atoms with Crippen molar-refractivity contribution in [2.24, 2.45) is 5.41 Å². The number of anilines is 1. The molecule has 26 heavy (non-hydrogen) atoms. The lowest BCUT2D eigenvalue weighted by Crippen LogP contribution is -2.20. The maximum atomic E-state index is 14.4. The van der Waals surface area contributed by atoms with Gasteiger partial charge in [0.15, 0.2) is 11.5 Å². The number of halogens is 1. The molecule has 0 bridgehead atoms. The SMILES string of the molecule is Cc1cn2cc(C3=CCc4nc(NCC(C)(C)C)ncc43)cc(F)c2n1.[HH]. The Labute approximate surface area is 153 Å². The largest absolute Gasteiger partial charge is 0.354 e. The standard InChI is InChI=1S/C20H22FN5.H2/c1-12-9-26-10-13(7-16(21)18(26)24-12)14-5-6-17-15(14)8-22-19(25-17)23-11-20(2,3)4;/h5,7-10H,6,11H2,1-4H3,(H,22,23,25);1H. The van der Waals surface area contributed by atoms with Crippen molar-refractivity contribution in [3.05, 3.63) is 59.1 Å². The number of rotatable bonds is 3. The van der Waals surface area contributed by atoms with Gasteiger partial charge in [-0.3, -0.25) is 0 Å². The number of nitrogens with zero attached hydrogens (tertiary/aromatic N) is 4.